The van der Waals surface area contributed by atoms with E-state index >= 15 is 0 Å². The molecule has 5 nitrogen and oxygen atoms in total. The maximum Gasteiger partial charge on any atom is 0.326 e. The third kappa shape index (κ3) is 5.80. The highest BCUT2D eigenvalue weighted by atomic mass is 35.5. The molecule has 2 aromatic carbocycles. The maximum absolute atomic E-state index is 13.6. The SMILES string of the molecule is O=C(Nc1cc(Cl)cc(Cl)c1)N(c1ccc(-c2cccnc2)cc1)C1CCN(C2CCCC2)CC1. The molecule has 0 bridgehead atoms. The van der Waals surface area contributed by atoms with Crippen molar-refractivity contribution in [2.75, 3.05) is 23.3 Å². The summed E-state index contributed by atoms with van der Waals surface area (Å²) in [7, 11) is 0. The fraction of sp³-hybridized carbons (Fsp3) is 0.357. The zero-order valence-corrected chi connectivity index (χ0v) is 21.2. The third-order valence-electron chi connectivity index (χ3n) is 7.18. The summed E-state index contributed by atoms with van der Waals surface area (Å²) in [5.74, 6) is 0. The second kappa shape index (κ2) is 11.0. The van der Waals surface area contributed by atoms with Crippen LogP contribution in [0.1, 0.15) is 38.5 Å². The van der Waals surface area contributed by atoms with Crippen molar-refractivity contribution in [1.82, 2.24) is 9.88 Å². The largest absolute Gasteiger partial charge is 0.326 e. The smallest absolute Gasteiger partial charge is 0.307 e. The van der Waals surface area contributed by atoms with Crippen molar-refractivity contribution in [3.05, 3.63) is 77.0 Å². The summed E-state index contributed by atoms with van der Waals surface area (Å²) in [6.07, 6.45) is 10.8. The van der Waals surface area contributed by atoms with E-state index in [1.54, 1.807) is 24.4 Å². The van der Waals surface area contributed by atoms with Gasteiger partial charge in [0.15, 0.2) is 0 Å². The van der Waals surface area contributed by atoms with Crippen LogP contribution < -0.4 is 10.2 Å². The van der Waals surface area contributed by atoms with Gasteiger partial charge in [0.2, 0.25) is 0 Å². The quantitative estimate of drug-likeness (QED) is 0.388. The molecule has 0 radical (unpaired) electrons. The molecular weight excluding hydrogens is 479 g/mol. The number of carbonyl (C=O) groups excluding carboxylic acids is 1. The van der Waals surface area contributed by atoms with Crippen LogP contribution in [-0.4, -0.2) is 41.1 Å². The van der Waals surface area contributed by atoms with Gasteiger partial charge in [-0.2, -0.15) is 0 Å². The Morgan fingerprint density at radius 2 is 1.60 bits per heavy atom. The fourth-order valence-electron chi connectivity index (χ4n) is 5.43. The lowest BCUT2D eigenvalue weighted by Crippen LogP contribution is -2.50. The molecule has 0 unspecified atom stereocenters. The Hall–Kier alpha value is -2.60. The van der Waals surface area contributed by atoms with Crippen LogP contribution in [0.25, 0.3) is 11.1 Å². The predicted molar refractivity (Wildman–Crippen MR) is 144 cm³/mol. The van der Waals surface area contributed by atoms with Gasteiger partial charge in [-0.05, 0) is 73.2 Å². The van der Waals surface area contributed by atoms with E-state index in [1.165, 1.54) is 25.7 Å². The Labute approximate surface area is 217 Å². The van der Waals surface area contributed by atoms with Gasteiger partial charge in [0.05, 0.1) is 0 Å². The number of rotatable bonds is 5. The number of carbonyl (C=O) groups is 1. The van der Waals surface area contributed by atoms with Crippen LogP contribution in [0.2, 0.25) is 10.0 Å². The molecule has 0 spiro atoms. The monoisotopic (exact) mass is 508 g/mol. The van der Waals surface area contributed by atoms with E-state index in [2.05, 4.69) is 27.3 Å². The first kappa shape index (κ1) is 24.1. The molecule has 35 heavy (non-hydrogen) atoms. The highest BCUT2D eigenvalue weighted by Crippen LogP contribution is 2.31. The van der Waals surface area contributed by atoms with Crippen molar-refractivity contribution in [3.63, 3.8) is 0 Å². The average Bonchev–Trinajstić information content (AvgIpc) is 3.40. The van der Waals surface area contributed by atoms with Crippen molar-refractivity contribution in [3.8, 4) is 11.1 Å². The van der Waals surface area contributed by atoms with Crippen LogP contribution in [0.4, 0.5) is 16.2 Å². The fourth-order valence-corrected chi connectivity index (χ4v) is 5.96. The van der Waals surface area contributed by atoms with Crippen LogP contribution in [0, 0.1) is 0 Å². The summed E-state index contributed by atoms with van der Waals surface area (Å²) in [6.45, 7) is 2.05. The van der Waals surface area contributed by atoms with Crippen LogP contribution in [0.3, 0.4) is 0 Å². The minimum absolute atomic E-state index is 0.117. The number of aromatic nitrogens is 1. The number of hydrogen-bond acceptors (Lipinski definition) is 3. The van der Waals surface area contributed by atoms with Crippen molar-refractivity contribution in [2.24, 2.45) is 0 Å². The Kier molecular flexibility index (Phi) is 7.57. The summed E-state index contributed by atoms with van der Waals surface area (Å²) < 4.78 is 0. The minimum atomic E-state index is -0.170. The second-order valence-electron chi connectivity index (χ2n) is 9.45. The normalized spacial score (nSPS) is 17.4. The van der Waals surface area contributed by atoms with E-state index < -0.39 is 0 Å². The molecule has 3 aromatic rings. The highest BCUT2D eigenvalue weighted by Gasteiger charge is 2.32. The topological polar surface area (TPSA) is 48.5 Å². The van der Waals surface area contributed by atoms with Crippen LogP contribution in [-0.2, 0) is 0 Å². The Morgan fingerprint density at radius 3 is 2.23 bits per heavy atom. The number of pyridine rings is 1. The van der Waals surface area contributed by atoms with Gasteiger partial charge in [-0.3, -0.25) is 9.88 Å². The van der Waals surface area contributed by atoms with Gasteiger partial charge in [-0.1, -0.05) is 54.2 Å². The molecule has 1 aliphatic heterocycles. The van der Waals surface area contributed by atoms with Gasteiger partial charge >= 0.3 is 6.03 Å². The first-order valence-electron chi connectivity index (χ1n) is 12.4. The molecule has 2 fully saturated rings. The average molecular weight is 509 g/mol. The Bertz CT molecular complexity index is 1120. The van der Waals surface area contributed by atoms with E-state index in [4.69, 9.17) is 23.2 Å². The molecule has 2 heterocycles. The number of hydrogen-bond donors (Lipinski definition) is 1. The number of amides is 2. The Balaban J connectivity index is 1.38. The van der Waals surface area contributed by atoms with E-state index in [9.17, 15) is 4.79 Å². The summed E-state index contributed by atoms with van der Waals surface area (Å²) in [5.41, 5.74) is 3.59. The van der Waals surface area contributed by atoms with Gasteiger partial charge in [-0.25, -0.2) is 4.79 Å². The minimum Gasteiger partial charge on any atom is -0.307 e. The summed E-state index contributed by atoms with van der Waals surface area (Å²) in [5, 5.41) is 4.01. The van der Waals surface area contributed by atoms with Crippen LogP contribution >= 0.6 is 23.2 Å². The number of nitrogens with zero attached hydrogens (tertiary/aromatic N) is 3. The van der Waals surface area contributed by atoms with Gasteiger partial charge in [0, 0.05) is 59.0 Å². The number of nitrogens with one attached hydrogen (secondary N) is 1. The predicted octanol–water partition coefficient (Wildman–Crippen LogP) is 7.50. The van der Waals surface area contributed by atoms with E-state index in [1.807, 2.05) is 35.4 Å². The number of anilines is 2. The molecule has 0 atom stereocenters. The zero-order valence-electron chi connectivity index (χ0n) is 19.7. The molecule has 1 N–H and O–H groups in total. The number of likely N-dealkylation sites (tertiary alicyclic amines) is 1. The summed E-state index contributed by atoms with van der Waals surface area (Å²) in [4.78, 5) is 22.4. The van der Waals surface area contributed by atoms with Gasteiger partial charge in [0.25, 0.3) is 0 Å². The summed E-state index contributed by atoms with van der Waals surface area (Å²) >= 11 is 12.3. The molecule has 7 heteroatoms. The first-order chi connectivity index (χ1) is 17.1. The highest BCUT2D eigenvalue weighted by molar-refractivity contribution is 6.35. The third-order valence-corrected chi connectivity index (χ3v) is 7.61. The summed E-state index contributed by atoms with van der Waals surface area (Å²) in [6, 6.07) is 17.9. The molecule has 5 rings (SSSR count). The van der Waals surface area contributed by atoms with Crippen molar-refractivity contribution in [2.45, 2.75) is 50.6 Å². The molecule has 1 aromatic heterocycles. The van der Waals surface area contributed by atoms with Crippen molar-refractivity contribution < 1.29 is 4.79 Å². The zero-order chi connectivity index (χ0) is 24.2. The molecule has 1 saturated carbocycles. The van der Waals surface area contributed by atoms with Gasteiger partial charge in [-0.15, -0.1) is 0 Å². The van der Waals surface area contributed by atoms with Crippen molar-refractivity contribution >= 4 is 40.6 Å². The van der Waals surface area contributed by atoms with E-state index in [0.717, 1.165) is 42.7 Å². The molecule has 2 amide bonds. The molecular formula is C28H30Cl2N4O. The second-order valence-corrected chi connectivity index (χ2v) is 10.3. The lowest BCUT2D eigenvalue weighted by atomic mass is 9.99. The van der Waals surface area contributed by atoms with Crippen LogP contribution in [0.5, 0.6) is 0 Å². The van der Waals surface area contributed by atoms with Crippen LogP contribution in [0.15, 0.2) is 67.0 Å². The number of halogens is 2. The number of benzene rings is 2. The van der Waals surface area contributed by atoms with Crippen molar-refractivity contribution in [1.29, 1.82) is 0 Å². The Morgan fingerprint density at radius 1 is 0.914 bits per heavy atom. The first-order valence-corrected chi connectivity index (χ1v) is 13.1. The number of urea groups is 1. The van der Waals surface area contributed by atoms with Gasteiger partial charge in [0.1, 0.15) is 0 Å². The standard InChI is InChI=1S/C28H30Cl2N4O/c29-22-16-23(30)18-24(17-22)32-28(35)34(27-11-14-33(15-12-27)25-5-1-2-6-25)26-9-7-20(8-10-26)21-4-3-13-31-19-21/h3-4,7-10,13,16-19,25,27H,1-2,5-6,11-12,14-15H2,(H,32,35). The molecule has 1 aliphatic carbocycles. The van der Waals surface area contributed by atoms with E-state index in [0.29, 0.717) is 21.8 Å². The lowest BCUT2D eigenvalue weighted by Gasteiger charge is -2.40. The molecule has 2 aliphatic rings. The molecule has 1 saturated heterocycles. The number of piperidine rings is 1. The molecule has 182 valence electrons. The maximum atomic E-state index is 13.6. The van der Waals surface area contributed by atoms with E-state index in [-0.39, 0.29) is 12.1 Å². The lowest BCUT2D eigenvalue weighted by molar-refractivity contribution is 0.153. The van der Waals surface area contributed by atoms with Gasteiger partial charge < -0.3 is 10.2 Å².